The minimum absolute atomic E-state index is 0.0114. The second-order valence-corrected chi connectivity index (χ2v) is 6.99. The smallest absolute Gasteiger partial charge is 0.318 e. The summed E-state index contributed by atoms with van der Waals surface area (Å²) < 4.78 is 0. The van der Waals surface area contributed by atoms with Crippen molar-refractivity contribution < 1.29 is 9.90 Å². The number of hydrogen-bond acceptors (Lipinski definition) is 2. The maximum atomic E-state index is 12.8. The van der Waals surface area contributed by atoms with E-state index >= 15 is 0 Å². The predicted molar refractivity (Wildman–Crippen MR) is 84.4 cm³/mol. The molecule has 4 rings (SSSR count). The van der Waals surface area contributed by atoms with E-state index in [2.05, 4.69) is 11.4 Å². The average molecular weight is 300 g/mol. The van der Waals surface area contributed by atoms with Gasteiger partial charge in [0.15, 0.2) is 0 Å². The van der Waals surface area contributed by atoms with Crippen molar-refractivity contribution in [2.75, 3.05) is 13.2 Å². The van der Waals surface area contributed by atoms with Crippen molar-refractivity contribution in [1.82, 2.24) is 10.2 Å². The Morgan fingerprint density at radius 2 is 1.91 bits per heavy atom. The Kier molecular flexibility index (Phi) is 3.57. The van der Waals surface area contributed by atoms with Gasteiger partial charge in [0, 0.05) is 12.6 Å². The predicted octanol–water partition coefficient (Wildman–Crippen LogP) is 2.48. The molecule has 2 amide bonds. The Bertz CT molecular complexity index is 554. The second-order valence-electron chi connectivity index (χ2n) is 6.99. The van der Waals surface area contributed by atoms with Gasteiger partial charge in [-0.2, -0.15) is 0 Å². The number of nitrogens with zero attached hydrogens (tertiary/aromatic N) is 1. The summed E-state index contributed by atoms with van der Waals surface area (Å²) in [5, 5.41) is 13.1. The Hall–Kier alpha value is -1.55. The van der Waals surface area contributed by atoms with Crippen LogP contribution in [-0.4, -0.2) is 35.2 Å². The van der Waals surface area contributed by atoms with Crippen LogP contribution in [0.1, 0.15) is 42.9 Å². The molecular formula is C18H24N2O2. The summed E-state index contributed by atoms with van der Waals surface area (Å²) in [6.45, 7) is 0.679. The maximum absolute atomic E-state index is 12.8. The molecule has 0 spiro atoms. The highest BCUT2D eigenvalue weighted by Gasteiger charge is 2.43. The van der Waals surface area contributed by atoms with Crippen molar-refractivity contribution >= 4 is 6.03 Å². The third kappa shape index (κ3) is 2.60. The van der Waals surface area contributed by atoms with E-state index in [1.54, 1.807) is 0 Å². The van der Waals surface area contributed by atoms with Gasteiger partial charge in [-0.05, 0) is 55.1 Å². The summed E-state index contributed by atoms with van der Waals surface area (Å²) in [4.78, 5) is 14.6. The quantitative estimate of drug-likeness (QED) is 0.897. The molecule has 0 aromatic heterocycles. The highest BCUT2D eigenvalue weighted by molar-refractivity contribution is 5.76. The first-order valence-electron chi connectivity index (χ1n) is 8.53. The van der Waals surface area contributed by atoms with E-state index in [0.717, 1.165) is 12.0 Å². The molecule has 1 aromatic carbocycles. The first-order valence-corrected chi connectivity index (χ1v) is 8.53. The summed E-state index contributed by atoms with van der Waals surface area (Å²) in [5.74, 6) is 1.39. The van der Waals surface area contributed by atoms with E-state index < -0.39 is 0 Å². The highest BCUT2D eigenvalue weighted by Crippen LogP contribution is 2.44. The molecule has 1 heterocycles. The number of carbonyl (C=O) groups excluding carboxylic acids is 1. The molecule has 1 unspecified atom stereocenters. The van der Waals surface area contributed by atoms with Gasteiger partial charge in [0.2, 0.25) is 0 Å². The van der Waals surface area contributed by atoms with Crippen LogP contribution in [0.2, 0.25) is 0 Å². The van der Waals surface area contributed by atoms with Crippen LogP contribution in [0.15, 0.2) is 24.3 Å². The van der Waals surface area contributed by atoms with Crippen molar-refractivity contribution in [2.45, 2.75) is 44.2 Å². The molecule has 3 aliphatic rings. The first-order chi connectivity index (χ1) is 10.8. The fourth-order valence-corrected chi connectivity index (χ4v) is 3.85. The number of aliphatic hydroxyl groups excluding tert-OH is 1. The lowest BCUT2D eigenvalue weighted by Crippen LogP contribution is -2.50. The van der Waals surface area contributed by atoms with Crippen molar-refractivity contribution in [1.29, 1.82) is 0 Å². The number of nitrogens with one attached hydrogen (secondary N) is 1. The summed E-state index contributed by atoms with van der Waals surface area (Å²) in [6, 6.07) is 8.32. The van der Waals surface area contributed by atoms with Crippen LogP contribution in [-0.2, 0) is 6.42 Å². The lowest BCUT2D eigenvalue weighted by Gasteiger charge is -2.37. The Labute approximate surface area is 131 Å². The number of urea groups is 1. The minimum atomic E-state index is -0.205. The number of hydrogen-bond donors (Lipinski definition) is 2. The van der Waals surface area contributed by atoms with Gasteiger partial charge in [-0.3, -0.25) is 0 Å². The maximum Gasteiger partial charge on any atom is 0.318 e. The zero-order chi connectivity index (χ0) is 15.1. The molecule has 2 saturated carbocycles. The number of rotatable bonds is 4. The van der Waals surface area contributed by atoms with Gasteiger partial charge in [-0.25, -0.2) is 4.79 Å². The van der Waals surface area contributed by atoms with E-state index in [0.29, 0.717) is 24.4 Å². The Balaban J connectivity index is 1.50. The van der Waals surface area contributed by atoms with Crippen molar-refractivity contribution in [2.24, 2.45) is 11.8 Å². The average Bonchev–Trinajstić information content (AvgIpc) is 3.44. The van der Waals surface area contributed by atoms with E-state index in [9.17, 15) is 9.90 Å². The Morgan fingerprint density at radius 3 is 2.55 bits per heavy atom. The van der Waals surface area contributed by atoms with Crippen LogP contribution in [0, 0.1) is 11.8 Å². The van der Waals surface area contributed by atoms with Crippen LogP contribution in [0.25, 0.3) is 0 Å². The van der Waals surface area contributed by atoms with Crippen molar-refractivity contribution in [3.8, 4) is 0 Å². The molecular weight excluding hydrogens is 276 g/mol. The third-order valence-electron chi connectivity index (χ3n) is 5.40. The Morgan fingerprint density at radius 1 is 1.23 bits per heavy atom. The summed E-state index contributed by atoms with van der Waals surface area (Å²) in [5.41, 5.74) is 2.35. The van der Waals surface area contributed by atoms with Crippen molar-refractivity contribution in [3.63, 3.8) is 0 Å². The summed E-state index contributed by atoms with van der Waals surface area (Å²) in [6.07, 6.45) is 5.90. The molecule has 2 N–H and O–H groups in total. The van der Waals surface area contributed by atoms with Crippen molar-refractivity contribution in [3.05, 3.63) is 35.4 Å². The van der Waals surface area contributed by atoms with Gasteiger partial charge in [0.05, 0.1) is 12.6 Å². The fourth-order valence-electron chi connectivity index (χ4n) is 3.85. The standard InChI is InChI=1S/C18H24N2O2/c21-11-16-15-4-2-1-3-12(15)9-10-20(16)18(22)19-17(13-5-6-13)14-7-8-14/h1-4,13-14,16-17,21H,5-11H2,(H,19,22). The van der Waals surface area contributed by atoms with Gasteiger partial charge < -0.3 is 15.3 Å². The molecule has 1 aliphatic heterocycles. The highest BCUT2D eigenvalue weighted by atomic mass is 16.3. The van der Waals surface area contributed by atoms with Gasteiger partial charge in [0.25, 0.3) is 0 Å². The zero-order valence-electron chi connectivity index (χ0n) is 12.9. The molecule has 1 aromatic rings. The van der Waals surface area contributed by atoms with Gasteiger partial charge in [0.1, 0.15) is 0 Å². The molecule has 2 aliphatic carbocycles. The second kappa shape index (κ2) is 5.58. The summed E-state index contributed by atoms with van der Waals surface area (Å²) >= 11 is 0. The van der Waals surface area contributed by atoms with Crippen LogP contribution in [0.3, 0.4) is 0 Å². The molecule has 1 atom stereocenters. The number of carbonyl (C=O) groups is 1. The summed E-state index contributed by atoms with van der Waals surface area (Å²) in [7, 11) is 0. The lowest BCUT2D eigenvalue weighted by atomic mass is 9.93. The normalized spacial score (nSPS) is 24.3. The molecule has 118 valence electrons. The van der Waals surface area contributed by atoms with Crippen LogP contribution in [0.4, 0.5) is 4.79 Å². The van der Waals surface area contributed by atoms with Crippen LogP contribution in [0.5, 0.6) is 0 Å². The van der Waals surface area contributed by atoms with Gasteiger partial charge in [-0.1, -0.05) is 24.3 Å². The first kappa shape index (κ1) is 14.1. The number of aliphatic hydroxyl groups is 1. The van der Waals surface area contributed by atoms with E-state index in [-0.39, 0.29) is 18.7 Å². The zero-order valence-corrected chi connectivity index (χ0v) is 12.9. The molecule has 0 bridgehead atoms. The van der Waals surface area contributed by atoms with E-state index in [4.69, 9.17) is 0 Å². The SMILES string of the molecule is O=C(NC(C1CC1)C1CC1)N1CCc2ccccc2C1CO. The van der Waals surface area contributed by atoms with Gasteiger partial charge >= 0.3 is 6.03 Å². The molecule has 22 heavy (non-hydrogen) atoms. The molecule has 0 saturated heterocycles. The lowest BCUT2D eigenvalue weighted by molar-refractivity contribution is 0.123. The largest absolute Gasteiger partial charge is 0.394 e. The topological polar surface area (TPSA) is 52.6 Å². The van der Waals surface area contributed by atoms with Crippen LogP contribution >= 0.6 is 0 Å². The van der Waals surface area contributed by atoms with Crippen LogP contribution < -0.4 is 5.32 Å². The third-order valence-corrected chi connectivity index (χ3v) is 5.40. The number of amides is 2. The molecule has 2 fully saturated rings. The minimum Gasteiger partial charge on any atom is -0.394 e. The van der Waals surface area contributed by atoms with Gasteiger partial charge in [-0.15, -0.1) is 0 Å². The fraction of sp³-hybridized carbons (Fsp3) is 0.611. The molecule has 4 heteroatoms. The molecule has 0 radical (unpaired) electrons. The monoisotopic (exact) mass is 300 g/mol. The van der Waals surface area contributed by atoms with E-state index in [1.165, 1.54) is 31.2 Å². The van der Waals surface area contributed by atoms with E-state index in [1.807, 2.05) is 23.1 Å². The number of benzene rings is 1. The number of fused-ring (bicyclic) bond motifs is 1. The molecule has 4 nitrogen and oxygen atoms in total.